The van der Waals surface area contributed by atoms with Crippen LogP contribution in [0.5, 0.6) is 0 Å². The predicted octanol–water partition coefficient (Wildman–Crippen LogP) is 8.00. The Bertz CT molecular complexity index is 3560. The number of imidazole rings is 4. The highest BCUT2D eigenvalue weighted by atomic mass is 127. The van der Waals surface area contributed by atoms with Gasteiger partial charge in [0.2, 0.25) is 0 Å². The molecule has 8 aromatic rings. The van der Waals surface area contributed by atoms with E-state index in [1.165, 1.54) is 10.9 Å². The van der Waals surface area contributed by atoms with Crippen LogP contribution in [0.3, 0.4) is 0 Å². The fraction of sp³-hybridized carbons (Fsp3) is 0.533. The molecule has 4 aliphatic heterocycles. The molecule has 0 saturated carbocycles. The number of aromatic nitrogens is 12. The third kappa shape index (κ3) is 16.9. The maximum Gasteiger partial charge on any atom is 0.173 e. The summed E-state index contributed by atoms with van der Waals surface area (Å²) in [5, 5.41) is 41.0. The average molecular weight is 1550 g/mol. The zero-order valence-corrected chi connectivity index (χ0v) is 61.1. The molecule has 12 rings (SSSR count). The highest BCUT2D eigenvalue weighted by molar-refractivity contribution is 14.1. The first-order valence-corrected chi connectivity index (χ1v) is 44.8. The second-order valence-electron chi connectivity index (χ2n) is 26.7. The molecule has 24 nitrogen and oxygen atoms in total. The van der Waals surface area contributed by atoms with E-state index in [1.807, 2.05) is 9.13 Å². The van der Waals surface area contributed by atoms with Crippen molar-refractivity contribution in [2.45, 2.75) is 120 Å². The van der Waals surface area contributed by atoms with Gasteiger partial charge in [-0.3, -0.25) is 18.3 Å². The van der Waals surface area contributed by atoms with Crippen LogP contribution < -0.4 is 22.9 Å². The molecule has 504 valence electrons. The van der Waals surface area contributed by atoms with Gasteiger partial charge in [0.25, 0.3) is 0 Å². The number of nitrogen functional groups attached to an aromatic ring is 4. The summed E-state index contributed by atoms with van der Waals surface area (Å²) < 4.78 is 45.5. The van der Waals surface area contributed by atoms with Crippen molar-refractivity contribution in [2.24, 2.45) is 0 Å². The maximum absolute atomic E-state index is 14.6. The molecule has 4 fully saturated rings. The van der Waals surface area contributed by atoms with E-state index in [0.717, 1.165) is 43.9 Å². The van der Waals surface area contributed by atoms with Crippen LogP contribution >= 0.6 is 77.7 Å². The van der Waals surface area contributed by atoms with Crippen molar-refractivity contribution in [3.63, 3.8) is 0 Å². The number of rotatable bonds is 16. The molecule has 32 heteroatoms. The van der Waals surface area contributed by atoms with Crippen molar-refractivity contribution >= 4 is 170 Å². The second-order valence-corrected chi connectivity index (χ2v) is 47.0. The topological polar surface area (TPSA) is 345 Å². The van der Waals surface area contributed by atoms with Crippen LogP contribution in [-0.4, -0.2) is 251 Å². The monoisotopic (exact) mass is 1540 g/mol. The minimum absolute atomic E-state index is 0.0653. The van der Waals surface area contributed by atoms with Gasteiger partial charge < -0.3 is 62.3 Å². The molecule has 16 atom stereocenters. The van der Waals surface area contributed by atoms with Crippen LogP contribution in [0.2, 0.25) is 0 Å². The fourth-order valence-corrected chi connectivity index (χ4v) is 17.0. The number of pyridine rings is 4. The zero-order chi connectivity index (χ0) is 67.1. The van der Waals surface area contributed by atoms with Gasteiger partial charge in [0, 0.05) is 24.8 Å². The lowest BCUT2D eigenvalue weighted by Crippen LogP contribution is -2.29. The van der Waals surface area contributed by atoms with Crippen molar-refractivity contribution in [3.8, 4) is 0 Å². The maximum atomic E-state index is 14.6. The zero-order valence-electron chi connectivity index (χ0n) is 53.0. The third-order valence-corrected chi connectivity index (χ3v) is 25.0. The highest BCUT2D eigenvalue weighted by Crippen LogP contribution is 2.46. The molecular weight excluding hydrogens is 1460 g/mol. The predicted molar refractivity (Wildman–Crippen MR) is 394 cm³/mol. The number of aliphatic hydroxyl groups excluding tert-OH is 4. The molecule has 0 aliphatic carbocycles. The van der Waals surface area contributed by atoms with Crippen LogP contribution in [0.25, 0.3) is 44.7 Å². The summed E-state index contributed by atoms with van der Waals surface area (Å²) in [7, 11) is 0. The second kappa shape index (κ2) is 29.4. The van der Waals surface area contributed by atoms with E-state index in [9.17, 15) is 24.8 Å². The first kappa shape index (κ1) is 72.3. The Morgan fingerprint density at radius 3 is 1.12 bits per heavy atom. The van der Waals surface area contributed by atoms with E-state index in [1.54, 1.807) is 72.6 Å². The summed E-state index contributed by atoms with van der Waals surface area (Å²) in [5.41, 5.74) is 30.7. The smallest absolute Gasteiger partial charge is 0.173 e. The molecule has 92 heavy (non-hydrogen) atoms. The van der Waals surface area contributed by atoms with E-state index in [-0.39, 0.29) is 39.5 Å². The number of alkyl halides is 4. The van der Waals surface area contributed by atoms with Gasteiger partial charge in [0.05, 0.1) is 93.4 Å². The molecule has 4 unspecified atom stereocenters. The first-order chi connectivity index (χ1) is 43.1. The van der Waals surface area contributed by atoms with Gasteiger partial charge in [0.1, 0.15) is 39.7 Å². The van der Waals surface area contributed by atoms with Gasteiger partial charge >= 0.3 is 0 Å². The summed E-state index contributed by atoms with van der Waals surface area (Å²) in [6.07, 6.45) is 28.5. The van der Waals surface area contributed by atoms with Crippen molar-refractivity contribution < 1.29 is 43.8 Å². The largest absolute Gasteiger partial charge is 0.397 e. The Morgan fingerprint density at radius 1 is 0.467 bits per heavy atom. The molecule has 0 amide bonds. The van der Waals surface area contributed by atoms with E-state index in [4.69, 9.17) is 53.5 Å². The van der Waals surface area contributed by atoms with E-state index in [0.29, 0.717) is 73.8 Å². The number of aliphatic hydroxyl groups is 4. The van der Waals surface area contributed by atoms with Crippen LogP contribution in [-0.2, 0) is 18.9 Å². The Balaban J connectivity index is 0.000000145. The normalized spacial score (nSPS) is 28.5. The summed E-state index contributed by atoms with van der Waals surface area (Å²) in [5.74, 6) is 0. The average Bonchev–Trinajstić information content (AvgIpc) is 1.65. The lowest BCUT2D eigenvalue weighted by atomic mass is 10.1. The van der Waals surface area contributed by atoms with E-state index >= 15 is 0 Å². The Labute approximate surface area is 563 Å². The highest BCUT2D eigenvalue weighted by Gasteiger charge is 2.48. The quantitative estimate of drug-likeness (QED) is 0.0258. The minimum Gasteiger partial charge on any atom is -0.397 e. The molecule has 0 spiro atoms. The van der Waals surface area contributed by atoms with Crippen molar-refractivity contribution in [3.05, 3.63) is 74.4 Å². The Hall–Kier alpha value is -4.01. The molecule has 4 aliphatic rings. The standard InChI is InChI=1S/C15H22BrN4O2P.C15H22ClN4O2P.C15H22FN4O2P.C15H22IN4O2P/c4*1-23(2,3)7-5-10-13(21)11(16)15(22-10)20-8-19-12-9(17)4-6-18-14(12)20/h4*4,6,8,10-11,13,15,21H,1,5,7H2,2-3H3,(H2,17,18)/t4*10-,11-,13-,15?/m1111/s1. The van der Waals surface area contributed by atoms with Crippen LogP contribution in [0.15, 0.2) is 74.4 Å². The number of hydrogen-bond donors (Lipinski definition) is 8. The van der Waals surface area contributed by atoms with Gasteiger partial charge in [-0.05, 0) is 128 Å². The SMILES string of the molecule is C=P(C)(C)CC[C@H]1OC(n2cnc3c(N)ccnc32)[C@H](Br)[C@@H]1O.C=P(C)(C)CC[C@H]1OC(n2cnc3c(N)ccnc32)[C@H](Cl)[C@@H]1O.C=P(C)(C)CC[C@H]1OC(n2cnc3c(N)ccnc32)[C@H](F)[C@@H]1O.C=P(C)(C)CC[C@H]1OC(n2cnc3c(N)ccnc32)[C@H](I)[C@@H]1O. The van der Waals surface area contributed by atoms with Gasteiger partial charge in [-0.25, -0.2) is 44.3 Å². The number of ether oxygens (including phenoxy) is 4. The molecule has 0 aromatic carbocycles. The first-order valence-electron chi connectivity index (χ1n) is 30.0. The molecule has 0 radical (unpaired) electrons. The van der Waals surface area contributed by atoms with E-state index < -0.39 is 82.1 Å². The van der Waals surface area contributed by atoms with Gasteiger partial charge in [-0.2, -0.15) is 0 Å². The fourth-order valence-electron chi connectivity index (χ4n) is 11.1. The van der Waals surface area contributed by atoms with Crippen molar-refractivity contribution in [1.29, 1.82) is 0 Å². The Kier molecular flexibility index (Phi) is 23.1. The summed E-state index contributed by atoms with van der Waals surface area (Å²) in [6.45, 7) is 12.6. The minimum atomic E-state index is -1.54. The summed E-state index contributed by atoms with van der Waals surface area (Å²) in [6, 6.07) is 6.79. The Morgan fingerprint density at radius 2 is 0.750 bits per heavy atom. The number of nitrogens with zero attached hydrogens (tertiary/aromatic N) is 12. The van der Waals surface area contributed by atoms with Crippen molar-refractivity contribution in [2.75, 3.05) is 101 Å². The van der Waals surface area contributed by atoms with Gasteiger partial charge in [-0.1, -0.05) is 38.5 Å². The number of nitrogens with two attached hydrogens (primary N) is 4. The lowest BCUT2D eigenvalue weighted by molar-refractivity contribution is -0.0234. The molecule has 0 bridgehead atoms. The van der Waals surface area contributed by atoms with Crippen LogP contribution in [0.4, 0.5) is 27.1 Å². The number of hydrogen-bond acceptors (Lipinski definition) is 20. The molecule has 12 heterocycles. The number of anilines is 4. The van der Waals surface area contributed by atoms with Crippen molar-refractivity contribution in [1.82, 2.24) is 58.1 Å². The molecule has 8 aromatic heterocycles. The van der Waals surface area contributed by atoms with Crippen LogP contribution in [0, 0.1) is 0 Å². The van der Waals surface area contributed by atoms with Gasteiger partial charge in [-0.15, -0.1) is 64.3 Å². The number of fused-ring (bicyclic) bond motifs is 4. The van der Waals surface area contributed by atoms with E-state index in [2.05, 4.69) is 157 Å². The molecular formula is C60H88BrClFIN16O8P4. The molecule has 12 N–H and O–H groups in total. The summed E-state index contributed by atoms with van der Waals surface area (Å²) in [4.78, 5) is 34.1. The van der Waals surface area contributed by atoms with Crippen LogP contribution in [0.1, 0.15) is 50.6 Å². The third-order valence-electron chi connectivity index (χ3n) is 16.3. The lowest BCUT2D eigenvalue weighted by Gasteiger charge is -2.19. The number of halogens is 4. The summed E-state index contributed by atoms with van der Waals surface area (Å²) >= 11 is 12.2. The molecule has 4 saturated heterocycles. The van der Waals surface area contributed by atoms with Gasteiger partial charge in [0.15, 0.2) is 53.7 Å².